The molecule has 1 fully saturated rings. The molecular formula is C16H35BN2O. The fourth-order valence-electron chi connectivity index (χ4n) is 3.37. The summed E-state index contributed by atoms with van der Waals surface area (Å²) in [4.78, 5) is 2.53. The molecule has 0 aliphatic heterocycles. The minimum atomic E-state index is -0.483. The third-order valence-corrected chi connectivity index (χ3v) is 5.84. The summed E-state index contributed by atoms with van der Waals surface area (Å²) >= 11 is 0. The largest absolute Gasteiger partial charge is 0.437 e. The first kappa shape index (κ1) is 18.0. The molecule has 20 heavy (non-hydrogen) atoms. The second-order valence-electron chi connectivity index (χ2n) is 8.51. The highest BCUT2D eigenvalue weighted by Gasteiger charge is 2.44. The zero-order valence-corrected chi connectivity index (χ0v) is 14.9. The fourth-order valence-corrected chi connectivity index (χ4v) is 3.37. The Kier molecular flexibility index (Phi) is 5.38. The minimum absolute atomic E-state index is 0.0177. The molecule has 0 amide bonds. The van der Waals surface area contributed by atoms with E-state index in [0.29, 0.717) is 11.5 Å². The number of hydrogen-bond acceptors (Lipinski definition) is 3. The van der Waals surface area contributed by atoms with Crippen molar-refractivity contribution in [3.8, 4) is 0 Å². The van der Waals surface area contributed by atoms with Crippen LogP contribution in [0.4, 0.5) is 0 Å². The Hall–Kier alpha value is -0.0551. The van der Waals surface area contributed by atoms with Crippen LogP contribution in [0.15, 0.2) is 0 Å². The molecule has 1 aliphatic rings. The molecule has 118 valence electrons. The molecule has 0 bridgehead atoms. The van der Waals surface area contributed by atoms with Crippen molar-refractivity contribution in [2.24, 2.45) is 5.41 Å². The van der Waals surface area contributed by atoms with E-state index in [4.69, 9.17) is 0 Å². The second-order valence-corrected chi connectivity index (χ2v) is 8.51. The molecule has 4 heteroatoms. The molecule has 0 atom stereocenters. The highest BCUT2D eigenvalue weighted by molar-refractivity contribution is 6.45. The van der Waals surface area contributed by atoms with Gasteiger partial charge in [0.05, 0.1) is 0 Å². The predicted molar refractivity (Wildman–Crippen MR) is 88.9 cm³/mol. The van der Waals surface area contributed by atoms with Gasteiger partial charge in [0, 0.05) is 17.1 Å². The third-order valence-electron chi connectivity index (χ3n) is 5.84. The molecule has 0 unspecified atom stereocenters. The average Bonchev–Trinajstić information content (AvgIpc) is 2.26. The Morgan fingerprint density at radius 3 is 2.00 bits per heavy atom. The Morgan fingerprint density at radius 1 is 1.15 bits per heavy atom. The number of likely N-dealkylation sites (N-methyl/N-ethyl adjacent to an activating group) is 1. The van der Waals surface area contributed by atoms with Crippen LogP contribution in [-0.4, -0.2) is 41.1 Å². The smallest absolute Gasteiger partial charge is 0.374 e. The SMILES string of the molecule is CB(O)NC(C)(C)C(C)(C)N(C)C1CCC(C)(C)CC1. The highest BCUT2D eigenvalue weighted by Crippen LogP contribution is 2.39. The van der Waals surface area contributed by atoms with Gasteiger partial charge in [0.25, 0.3) is 0 Å². The van der Waals surface area contributed by atoms with Gasteiger partial charge >= 0.3 is 7.05 Å². The first-order chi connectivity index (χ1) is 8.89. The van der Waals surface area contributed by atoms with Gasteiger partial charge in [-0.15, -0.1) is 0 Å². The van der Waals surface area contributed by atoms with E-state index in [0.717, 1.165) is 0 Å². The molecule has 0 aromatic heterocycles. The van der Waals surface area contributed by atoms with E-state index in [1.54, 1.807) is 6.82 Å². The number of nitrogens with zero attached hydrogens (tertiary/aromatic N) is 1. The van der Waals surface area contributed by atoms with Crippen molar-refractivity contribution in [3.05, 3.63) is 0 Å². The summed E-state index contributed by atoms with van der Waals surface area (Å²) in [7, 11) is 1.76. The standard InChI is InChI=1S/C16H35BN2O/c1-14(2)11-9-13(10-12-14)19(8)16(5,6)15(3,4)18-17(7)20/h13,18,20H,9-12H2,1-8H3. The summed E-state index contributed by atoms with van der Waals surface area (Å²) in [6.07, 6.45) is 5.17. The Balaban J connectivity index is 2.76. The molecule has 0 aromatic carbocycles. The van der Waals surface area contributed by atoms with E-state index in [2.05, 4.69) is 58.7 Å². The van der Waals surface area contributed by atoms with Crippen LogP contribution in [0.1, 0.15) is 67.2 Å². The zero-order valence-electron chi connectivity index (χ0n) is 14.9. The van der Waals surface area contributed by atoms with Crippen LogP contribution in [0.25, 0.3) is 0 Å². The van der Waals surface area contributed by atoms with Crippen LogP contribution in [0.3, 0.4) is 0 Å². The second kappa shape index (κ2) is 5.98. The van der Waals surface area contributed by atoms with Gasteiger partial charge < -0.3 is 10.3 Å². The maximum Gasteiger partial charge on any atom is 0.374 e. The van der Waals surface area contributed by atoms with E-state index in [1.807, 2.05) is 0 Å². The Bertz CT molecular complexity index is 316. The van der Waals surface area contributed by atoms with Gasteiger partial charge in [-0.3, -0.25) is 4.90 Å². The molecule has 1 saturated carbocycles. The third kappa shape index (κ3) is 3.99. The minimum Gasteiger partial charge on any atom is -0.437 e. The lowest BCUT2D eigenvalue weighted by molar-refractivity contribution is 0.00755. The lowest BCUT2D eigenvalue weighted by atomic mass is 9.71. The zero-order chi connectivity index (χ0) is 15.8. The highest BCUT2D eigenvalue weighted by atomic mass is 16.2. The van der Waals surface area contributed by atoms with Gasteiger partial charge in [-0.05, 0) is 72.7 Å². The van der Waals surface area contributed by atoms with Crippen LogP contribution in [0, 0.1) is 5.41 Å². The number of hydrogen-bond donors (Lipinski definition) is 2. The molecule has 0 spiro atoms. The summed E-state index contributed by atoms with van der Waals surface area (Å²) in [5.41, 5.74) is 0.341. The van der Waals surface area contributed by atoms with Gasteiger partial charge in [-0.2, -0.15) is 0 Å². The maximum absolute atomic E-state index is 9.68. The van der Waals surface area contributed by atoms with Gasteiger partial charge in [0.2, 0.25) is 0 Å². The summed E-state index contributed by atoms with van der Waals surface area (Å²) in [5, 5.41) is 13.0. The summed E-state index contributed by atoms with van der Waals surface area (Å²) < 4.78 is 0. The fraction of sp³-hybridized carbons (Fsp3) is 1.00. The van der Waals surface area contributed by atoms with Crippen molar-refractivity contribution >= 4 is 7.05 Å². The summed E-state index contributed by atoms with van der Waals surface area (Å²) in [5.74, 6) is 0. The molecule has 1 aliphatic carbocycles. The van der Waals surface area contributed by atoms with E-state index < -0.39 is 7.05 Å². The molecule has 2 N–H and O–H groups in total. The van der Waals surface area contributed by atoms with Crippen molar-refractivity contribution < 1.29 is 5.02 Å². The van der Waals surface area contributed by atoms with Crippen LogP contribution in [0.2, 0.25) is 6.82 Å². The first-order valence-electron chi connectivity index (χ1n) is 8.08. The topological polar surface area (TPSA) is 35.5 Å². The normalized spacial score (nSPS) is 21.3. The van der Waals surface area contributed by atoms with E-state index in [1.165, 1.54) is 25.7 Å². The predicted octanol–water partition coefficient (Wildman–Crippen LogP) is 3.14. The molecule has 0 heterocycles. The van der Waals surface area contributed by atoms with Crippen molar-refractivity contribution in [2.75, 3.05) is 7.05 Å². The van der Waals surface area contributed by atoms with Gasteiger partial charge in [0.1, 0.15) is 0 Å². The van der Waals surface area contributed by atoms with Crippen molar-refractivity contribution in [1.29, 1.82) is 0 Å². The van der Waals surface area contributed by atoms with Gasteiger partial charge in [-0.1, -0.05) is 13.8 Å². The molecule has 0 aromatic rings. The van der Waals surface area contributed by atoms with Crippen molar-refractivity contribution in [1.82, 2.24) is 10.1 Å². The lowest BCUT2D eigenvalue weighted by Crippen LogP contribution is -2.67. The van der Waals surface area contributed by atoms with Crippen LogP contribution >= 0.6 is 0 Å². The van der Waals surface area contributed by atoms with Gasteiger partial charge in [0.15, 0.2) is 0 Å². The lowest BCUT2D eigenvalue weighted by Gasteiger charge is -2.53. The van der Waals surface area contributed by atoms with Crippen molar-refractivity contribution in [3.63, 3.8) is 0 Å². The number of rotatable bonds is 5. The molecule has 1 rings (SSSR count). The first-order valence-corrected chi connectivity index (χ1v) is 8.08. The summed E-state index contributed by atoms with van der Waals surface area (Å²) in [6.45, 7) is 15.5. The van der Waals surface area contributed by atoms with Crippen LogP contribution in [0.5, 0.6) is 0 Å². The monoisotopic (exact) mass is 282 g/mol. The summed E-state index contributed by atoms with van der Waals surface area (Å²) in [6, 6.07) is 0.646. The van der Waals surface area contributed by atoms with Crippen molar-refractivity contribution in [2.45, 2.75) is 91.2 Å². The quantitative estimate of drug-likeness (QED) is 0.760. The molecule has 0 saturated heterocycles. The van der Waals surface area contributed by atoms with Gasteiger partial charge in [-0.25, -0.2) is 0 Å². The van der Waals surface area contributed by atoms with Crippen LogP contribution < -0.4 is 5.23 Å². The average molecular weight is 282 g/mol. The van der Waals surface area contributed by atoms with E-state index in [9.17, 15) is 5.02 Å². The van der Waals surface area contributed by atoms with E-state index >= 15 is 0 Å². The molecule has 3 nitrogen and oxygen atoms in total. The molecular weight excluding hydrogens is 247 g/mol. The number of nitrogens with one attached hydrogen (secondary N) is 1. The molecule has 0 radical (unpaired) electrons. The Morgan fingerprint density at radius 2 is 1.60 bits per heavy atom. The van der Waals surface area contributed by atoms with E-state index in [-0.39, 0.29) is 11.1 Å². The maximum atomic E-state index is 9.68. The Labute approximate surface area is 126 Å². The van der Waals surface area contributed by atoms with Crippen LogP contribution in [-0.2, 0) is 0 Å².